The van der Waals surface area contributed by atoms with Gasteiger partial charge >= 0.3 is 0 Å². The molecule has 0 bridgehead atoms. The SMILES string of the molecule is NC1CN(c2cc(C3CC3)nc3c(Br)cccc23)Cc2ccccc21. The van der Waals surface area contributed by atoms with Gasteiger partial charge < -0.3 is 10.6 Å². The maximum atomic E-state index is 6.49. The zero-order valence-electron chi connectivity index (χ0n) is 14.0. The van der Waals surface area contributed by atoms with E-state index in [4.69, 9.17) is 10.7 Å². The summed E-state index contributed by atoms with van der Waals surface area (Å²) in [7, 11) is 0. The van der Waals surface area contributed by atoms with Crippen LogP contribution in [0, 0.1) is 0 Å². The largest absolute Gasteiger partial charge is 0.365 e. The Labute approximate surface area is 156 Å². The molecule has 126 valence electrons. The highest BCUT2D eigenvalue weighted by molar-refractivity contribution is 9.10. The number of hydrogen-bond donors (Lipinski definition) is 1. The predicted octanol–water partition coefficient (Wildman–Crippen LogP) is 4.89. The van der Waals surface area contributed by atoms with Crippen molar-refractivity contribution in [3.05, 3.63) is 69.8 Å². The molecule has 3 nitrogen and oxygen atoms in total. The molecule has 0 amide bonds. The average molecular weight is 394 g/mol. The fourth-order valence-electron chi connectivity index (χ4n) is 3.89. The molecular formula is C21H20BrN3. The molecule has 3 aromatic rings. The molecule has 25 heavy (non-hydrogen) atoms. The van der Waals surface area contributed by atoms with Crippen LogP contribution in [-0.2, 0) is 6.54 Å². The highest BCUT2D eigenvalue weighted by Gasteiger charge is 2.29. The van der Waals surface area contributed by atoms with Gasteiger partial charge in [0.2, 0.25) is 0 Å². The van der Waals surface area contributed by atoms with Crippen molar-refractivity contribution < 1.29 is 0 Å². The van der Waals surface area contributed by atoms with Gasteiger partial charge in [-0.3, -0.25) is 4.98 Å². The maximum absolute atomic E-state index is 6.49. The number of fused-ring (bicyclic) bond motifs is 2. The van der Waals surface area contributed by atoms with E-state index in [1.807, 2.05) is 0 Å². The van der Waals surface area contributed by atoms with E-state index in [1.54, 1.807) is 0 Å². The summed E-state index contributed by atoms with van der Waals surface area (Å²) in [4.78, 5) is 7.38. The molecule has 1 atom stereocenters. The van der Waals surface area contributed by atoms with Gasteiger partial charge in [-0.2, -0.15) is 0 Å². The number of pyridine rings is 1. The van der Waals surface area contributed by atoms with E-state index in [2.05, 4.69) is 69.4 Å². The van der Waals surface area contributed by atoms with Crippen LogP contribution < -0.4 is 10.6 Å². The summed E-state index contributed by atoms with van der Waals surface area (Å²) in [6.07, 6.45) is 2.51. The van der Waals surface area contributed by atoms with E-state index >= 15 is 0 Å². The third-order valence-corrected chi connectivity index (χ3v) is 6.00. The second kappa shape index (κ2) is 5.82. The van der Waals surface area contributed by atoms with Crippen molar-refractivity contribution >= 4 is 32.5 Å². The zero-order valence-corrected chi connectivity index (χ0v) is 15.5. The first kappa shape index (κ1) is 15.4. The lowest BCUT2D eigenvalue weighted by molar-refractivity contribution is 0.620. The Morgan fingerprint density at radius 3 is 2.76 bits per heavy atom. The van der Waals surface area contributed by atoms with Gasteiger partial charge in [-0.05, 0) is 52.0 Å². The lowest BCUT2D eigenvalue weighted by Crippen LogP contribution is -2.37. The Morgan fingerprint density at radius 1 is 1.08 bits per heavy atom. The fourth-order valence-corrected chi connectivity index (χ4v) is 4.35. The Balaban J connectivity index is 1.66. The maximum Gasteiger partial charge on any atom is 0.0868 e. The molecule has 1 aliphatic heterocycles. The van der Waals surface area contributed by atoms with Crippen molar-refractivity contribution in [2.45, 2.75) is 31.3 Å². The number of halogens is 1. The van der Waals surface area contributed by atoms with Gasteiger partial charge in [-0.15, -0.1) is 0 Å². The van der Waals surface area contributed by atoms with Crippen molar-refractivity contribution in [2.24, 2.45) is 5.73 Å². The minimum absolute atomic E-state index is 0.0460. The predicted molar refractivity (Wildman–Crippen MR) is 106 cm³/mol. The van der Waals surface area contributed by atoms with Gasteiger partial charge in [0.25, 0.3) is 0 Å². The zero-order chi connectivity index (χ0) is 17.0. The third kappa shape index (κ3) is 2.64. The molecule has 2 aliphatic rings. The van der Waals surface area contributed by atoms with E-state index in [-0.39, 0.29) is 6.04 Å². The van der Waals surface area contributed by atoms with Gasteiger partial charge in [-0.25, -0.2) is 0 Å². The first-order chi connectivity index (χ1) is 12.2. The minimum atomic E-state index is 0.0460. The van der Waals surface area contributed by atoms with Crippen LogP contribution in [0.1, 0.15) is 41.6 Å². The molecule has 0 saturated heterocycles. The molecule has 0 radical (unpaired) electrons. The van der Waals surface area contributed by atoms with Crippen molar-refractivity contribution in [2.75, 3.05) is 11.4 Å². The van der Waals surface area contributed by atoms with Gasteiger partial charge in [0.05, 0.1) is 5.52 Å². The number of nitrogens with zero attached hydrogens (tertiary/aromatic N) is 2. The van der Waals surface area contributed by atoms with Crippen LogP contribution in [0.25, 0.3) is 10.9 Å². The summed E-state index contributed by atoms with van der Waals surface area (Å²) in [6, 6.07) is 17.2. The van der Waals surface area contributed by atoms with Gasteiger partial charge in [-0.1, -0.05) is 36.4 Å². The van der Waals surface area contributed by atoms with Crippen LogP contribution in [0.15, 0.2) is 53.0 Å². The Kier molecular flexibility index (Phi) is 3.57. The molecule has 1 fully saturated rings. The van der Waals surface area contributed by atoms with Crippen molar-refractivity contribution in [1.29, 1.82) is 0 Å². The topological polar surface area (TPSA) is 42.1 Å². The molecule has 0 spiro atoms. The lowest BCUT2D eigenvalue weighted by Gasteiger charge is -2.35. The van der Waals surface area contributed by atoms with E-state index in [0.717, 1.165) is 23.1 Å². The van der Waals surface area contributed by atoms with Crippen LogP contribution in [0.3, 0.4) is 0 Å². The second-order valence-electron chi connectivity index (χ2n) is 7.16. The quantitative estimate of drug-likeness (QED) is 0.673. The third-order valence-electron chi connectivity index (χ3n) is 5.36. The molecule has 1 aliphatic carbocycles. The molecule has 1 aromatic heterocycles. The second-order valence-corrected chi connectivity index (χ2v) is 8.02. The van der Waals surface area contributed by atoms with E-state index in [0.29, 0.717) is 5.92 Å². The van der Waals surface area contributed by atoms with Crippen molar-refractivity contribution in [3.8, 4) is 0 Å². The van der Waals surface area contributed by atoms with Gasteiger partial charge in [0.1, 0.15) is 0 Å². The molecule has 2 N–H and O–H groups in total. The van der Waals surface area contributed by atoms with Crippen LogP contribution >= 0.6 is 15.9 Å². The fraction of sp³-hybridized carbons (Fsp3) is 0.286. The summed E-state index contributed by atoms with van der Waals surface area (Å²) >= 11 is 3.69. The summed E-state index contributed by atoms with van der Waals surface area (Å²) < 4.78 is 1.07. The monoisotopic (exact) mass is 393 g/mol. The highest BCUT2D eigenvalue weighted by Crippen LogP contribution is 2.43. The number of anilines is 1. The van der Waals surface area contributed by atoms with Gasteiger partial charge in [0.15, 0.2) is 0 Å². The Bertz CT molecular complexity index is 965. The van der Waals surface area contributed by atoms with Crippen LogP contribution in [0.2, 0.25) is 0 Å². The van der Waals surface area contributed by atoms with Crippen molar-refractivity contribution in [1.82, 2.24) is 4.98 Å². The summed E-state index contributed by atoms with van der Waals surface area (Å²) in [5.74, 6) is 0.626. The van der Waals surface area contributed by atoms with E-state index < -0.39 is 0 Å². The molecule has 5 rings (SSSR count). The molecule has 2 heterocycles. The smallest absolute Gasteiger partial charge is 0.0868 e. The number of aromatic nitrogens is 1. The van der Waals surface area contributed by atoms with Crippen LogP contribution in [0.5, 0.6) is 0 Å². The lowest BCUT2D eigenvalue weighted by atomic mass is 9.95. The average Bonchev–Trinajstić information content (AvgIpc) is 3.46. The number of benzene rings is 2. The number of nitrogens with two attached hydrogens (primary N) is 1. The molecule has 2 aromatic carbocycles. The molecule has 1 unspecified atom stereocenters. The van der Waals surface area contributed by atoms with E-state index in [9.17, 15) is 0 Å². The minimum Gasteiger partial charge on any atom is -0.365 e. The molecular weight excluding hydrogens is 374 g/mol. The highest BCUT2D eigenvalue weighted by atomic mass is 79.9. The standard InChI is InChI=1S/C21H20BrN3/c22-17-7-3-6-16-20(10-19(13-8-9-13)24-21(16)17)25-11-14-4-1-2-5-15(14)18(23)12-25/h1-7,10,13,18H,8-9,11-12,23H2. The number of para-hydroxylation sites is 1. The number of rotatable bonds is 2. The Morgan fingerprint density at radius 2 is 1.92 bits per heavy atom. The number of hydrogen-bond acceptors (Lipinski definition) is 3. The summed E-state index contributed by atoms with van der Waals surface area (Å²) in [5, 5.41) is 1.20. The van der Waals surface area contributed by atoms with Crippen LogP contribution in [0.4, 0.5) is 5.69 Å². The first-order valence-electron chi connectivity index (χ1n) is 8.88. The first-order valence-corrected chi connectivity index (χ1v) is 9.67. The van der Waals surface area contributed by atoms with E-state index in [1.165, 1.54) is 40.7 Å². The van der Waals surface area contributed by atoms with Crippen LogP contribution in [-0.4, -0.2) is 11.5 Å². The van der Waals surface area contributed by atoms with Gasteiger partial charge in [0, 0.05) is 46.3 Å². The molecule has 1 saturated carbocycles. The summed E-state index contributed by atoms with van der Waals surface area (Å²) in [5.41, 5.74) is 12.6. The summed E-state index contributed by atoms with van der Waals surface area (Å²) in [6.45, 7) is 1.74. The normalized spacial score (nSPS) is 19.9. The molecule has 4 heteroatoms. The Hall–Kier alpha value is -1.91. The van der Waals surface area contributed by atoms with Crippen molar-refractivity contribution in [3.63, 3.8) is 0 Å².